The third-order valence-electron chi connectivity index (χ3n) is 5.77. The van der Waals surface area contributed by atoms with E-state index in [0.717, 1.165) is 5.69 Å². The third-order valence-corrected chi connectivity index (χ3v) is 7.91. The Hall–Kier alpha value is -2.33. The second-order valence-corrected chi connectivity index (χ2v) is 10.0. The summed E-state index contributed by atoms with van der Waals surface area (Å²) in [5, 5.41) is 0.682. The molecule has 0 spiro atoms. The van der Waals surface area contributed by atoms with Gasteiger partial charge in [-0.1, -0.05) is 11.6 Å². The van der Waals surface area contributed by atoms with E-state index in [1.807, 2.05) is 24.3 Å². The van der Waals surface area contributed by atoms with Crippen LogP contribution in [0.2, 0.25) is 5.02 Å². The third kappa shape index (κ3) is 4.71. The van der Waals surface area contributed by atoms with Crippen LogP contribution in [0.5, 0.6) is 5.75 Å². The summed E-state index contributed by atoms with van der Waals surface area (Å²) >= 11 is 5.97. The van der Waals surface area contributed by atoms with Gasteiger partial charge < -0.3 is 19.3 Å². The molecule has 10 heteroatoms. The first-order valence-electron chi connectivity index (χ1n) is 10.5. The number of carbonyl (C=O) groups is 1. The van der Waals surface area contributed by atoms with Crippen LogP contribution in [0.25, 0.3) is 0 Å². The van der Waals surface area contributed by atoms with Crippen molar-refractivity contribution < 1.29 is 22.7 Å². The minimum absolute atomic E-state index is 0.0864. The summed E-state index contributed by atoms with van der Waals surface area (Å²) in [5.41, 5.74) is 1.31. The SMILES string of the molecule is COc1ccc(S(=O)(=O)N2CCOCC2)cc1C(=O)N1CCN(c2ccc(Cl)cc2)CC1. The normalized spacial score (nSPS) is 17.9. The van der Waals surface area contributed by atoms with E-state index in [2.05, 4.69) is 4.90 Å². The molecule has 2 aromatic carbocycles. The number of piperazine rings is 1. The van der Waals surface area contributed by atoms with Crippen molar-refractivity contribution in [2.45, 2.75) is 4.90 Å². The molecule has 2 saturated heterocycles. The molecule has 2 heterocycles. The molecule has 0 radical (unpaired) electrons. The molecule has 2 aliphatic heterocycles. The van der Waals surface area contributed by atoms with Crippen molar-refractivity contribution in [1.29, 1.82) is 0 Å². The molecule has 1 amide bonds. The maximum atomic E-state index is 13.3. The van der Waals surface area contributed by atoms with Gasteiger partial charge in [-0.05, 0) is 42.5 Å². The minimum atomic E-state index is -3.71. The number of anilines is 1. The predicted molar refractivity (Wildman–Crippen MR) is 122 cm³/mol. The average Bonchev–Trinajstić information content (AvgIpc) is 2.84. The molecule has 172 valence electrons. The van der Waals surface area contributed by atoms with Crippen LogP contribution in [0.1, 0.15) is 10.4 Å². The molecular formula is C22H26ClN3O5S. The zero-order valence-corrected chi connectivity index (χ0v) is 19.4. The molecule has 2 fully saturated rings. The highest BCUT2D eigenvalue weighted by Crippen LogP contribution is 2.27. The van der Waals surface area contributed by atoms with E-state index in [1.165, 1.54) is 23.5 Å². The molecule has 0 aromatic heterocycles. The van der Waals surface area contributed by atoms with Crippen molar-refractivity contribution >= 4 is 33.2 Å². The summed E-state index contributed by atoms with van der Waals surface area (Å²) in [4.78, 5) is 17.3. The van der Waals surface area contributed by atoms with Crippen molar-refractivity contribution in [2.24, 2.45) is 0 Å². The van der Waals surface area contributed by atoms with E-state index in [0.29, 0.717) is 63.3 Å². The predicted octanol–water partition coefficient (Wildman–Crippen LogP) is 2.33. The average molecular weight is 480 g/mol. The summed E-state index contributed by atoms with van der Waals surface area (Å²) in [6, 6.07) is 12.1. The molecule has 0 saturated carbocycles. The van der Waals surface area contributed by atoms with E-state index < -0.39 is 10.0 Å². The van der Waals surface area contributed by atoms with Crippen molar-refractivity contribution in [2.75, 3.05) is 64.5 Å². The monoisotopic (exact) mass is 479 g/mol. The van der Waals surface area contributed by atoms with Gasteiger partial charge in [-0.25, -0.2) is 8.42 Å². The number of rotatable bonds is 5. The maximum absolute atomic E-state index is 13.3. The first-order valence-corrected chi connectivity index (χ1v) is 12.3. The second kappa shape index (κ2) is 9.66. The molecule has 0 N–H and O–H groups in total. The van der Waals surface area contributed by atoms with Crippen LogP contribution in [-0.2, 0) is 14.8 Å². The number of halogens is 1. The number of hydrogen-bond donors (Lipinski definition) is 0. The first-order chi connectivity index (χ1) is 15.4. The van der Waals surface area contributed by atoms with Gasteiger partial charge in [0.2, 0.25) is 10.0 Å². The largest absolute Gasteiger partial charge is 0.496 e. The molecule has 0 bridgehead atoms. The Morgan fingerprint density at radius 3 is 2.25 bits per heavy atom. The zero-order valence-electron chi connectivity index (χ0n) is 17.9. The molecule has 0 atom stereocenters. The summed E-state index contributed by atoms with van der Waals surface area (Å²) in [5.74, 6) is 0.118. The Morgan fingerprint density at radius 2 is 1.62 bits per heavy atom. The van der Waals surface area contributed by atoms with Gasteiger partial charge in [-0.2, -0.15) is 4.31 Å². The zero-order chi connectivity index (χ0) is 22.7. The van der Waals surface area contributed by atoms with Crippen LogP contribution in [0, 0.1) is 0 Å². The van der Waals surface area contributed by atoms with E-state index in [4.69, 9.17) is 21.1 Å². The highest BCUT2D eigenvalue weighted by atomic mass is 35.5. The van der Waals surface area contributed by atoms with E-state index in [-0.39, 0.29) is 16.4 Å². The first kappa shape index (κ1) is 22.8. The molecule has 0 unspecified atom stereocenters. The fourth-order valence-electron chi connectivity index (χ4n) is 3.94. The van der Waals surface area contributed by atoms with Gasteiger partial charge in [-0.15, -0.1) is 0 Å². The highest BCUT2D eigenvalue weighted by molar-refractivity contribution is 7.89. The van der Waals surface area contributed by atoms with Crippen molar-refractivity contribution in [3.05, 3.63) is 53.1 Å². The molecule has 0 aliphatic carbocycles. The fourth-order valence-corrected chi connectivity index (χ4v) is 5.50. The molecule has 2 aliphatic rings. The molecular weight excluding hydrogens is 454 g/mol. The summed E-state index contributed by atoms with van der Waals surface area (Å²) in [6.45, 7) is 3.69. The summed E-state index contributed by atoms with van der Waals surface area (Å²) in [7, 11) is -2.24. The number of amides is 1. The number of hydrogen-bond acceptors (Lipinski definition) is 6. The molecule has 2 aromatic rings. The Morgan fingerprint density at radius 1 is 0.969 bits per heavy atom. The number of morpholine rings is 1. The van der Waals surface area contributed by atoms with E-state index in [1.54, 1.807) is 11.0 Å². The van der Waals surface area contributed by atoms with Crippen molar-refractivity contribution in [3.63, 3.8) is 0 Å². The standard InChI is InChI=1S/C22H26ClN3O5S/c1-30-21-7-6-19(32(28,29)26-12-14-31-15-13-26)16-20(21)22(27)25-10-8-24(9-11-25)18-4-2-17(23)3-5-18/h2-7,16H,8-15H2,1H3. The Kier molecular flexibility index (Phi) is 6.90. The second-order valence-electron chi connectivity index (χ2n) is 7.63. The van der Waals surface area contributed by atoms with Gasteiger partial charge in [0.25, 0.3) is 5.91 Å². The summed E-state index contributed by atoms with van der Waals surface area (Å²) < 4.78 is 38.1. The van der Waals surface area contributed by atoms with Gasteiger partial charge in [0.05, 0.1) is 30.8 Å². The number of nitrogens with zero attached hydrogens (tertiary/aromatic N) is 3. The fraction of sp³-hybridized carbons (Fsp3) is 0.409. The lowest BCUT2D eigenvalue weighted by Crippen LogP contribution is -2.48. The highest BCUT2D eigenvalue weighted by Gasteiger charge is 2.30. The van der Waals surface area contributed by atoms with Gasteiger partial charge in [0, 0.05) is 50.0 Å². The van der Waals surface area contributed by atoms with Crippen LogP contribution in [0.3, 0.4) is 0 Å². The Labute approximate surface area is 193 Å². The van der Waals surface area contributed by atoms with Crippen LogP contribution in [0.4, 0.5) is 5.69 Å². The molecule has 4 rings (SSSR count). The van der Waals surface area contributed by atoms with Gasteiger partial charge >= 0.3 is 0 Å². The number of carbonyl (C=O) groups excluding carboxylic acids is 1. The number of ether oxygens (including phenoxy) is 2. The van der Waals surface area contributed by atoms with Crippen molar-refractivity contribution in [3.8, 4) is 5.75 Å². The molecule has 32 heavy (non-hydrogen) atoms. The minimum Gasteiger partial charge on any atom is -0.496 e. The van der Waals surface area contributed by atoms with Gasteiger partial charge in [0.1, 0.15) is 5.75 Å². The van der Waals surface area contributed by atoms with Crippen LogP contribution < -0.4 is 9.64 Å². The lowest BCUT2D eigenvalue weighted by molar-refractivity contribution is 0.0728. The Balaban J connectivity index is 1.52. The maximum Gasteiger partial charge on any atom is 0.257 e. The lowest BCUT2D eigenvalue weighted by atomic mass is 10.1. The smallest absolute Gasteiger partial charge is 0.257 e. The lowest BCUT2D eigenvalue weighted by Gasteiger charge is -2.36. The topological polar surface area (TPSA) is 79.4 Å². The quantitative estimate of drug-likeness (QED) is 0.655. The molecule has 8 nitrogen and oxygen atoms in total. The number of sulfonamides is 1. The van der Waals surface area contributed by atoms with Crippen LogP contribution >= 0.6 is 11.6 Å². The van der Waals surface area contributed by atoms with E-state index in [9.17, 15) is 13.2 Å². The Bertz CT molecular complexity index is 1060. The number of benzene rings is 2. The van der Waals surface area contributed by atoms with Gasteiger partial charge in [0.15, 0.2) is 0 Å². The van der Waals surface area contributed by atoms with Crippen LogP contribution in [0.15, 0.2) is 47.4 Å². The number of methoxy groups -OCH3 is 1. The summed E-state index contributed by atoms with van der Waals surface area (Å²) in [6.07, 6.45) is 0. The van der Waals surface area contributed by atoms with Gasteiger partial charge in [-0.3, -0.25) is 4.79 Å². The van der Waals surface area contributed by atoms with E-state index >= 15 is 0 Å². The van der Waals surface area contributed by atoms with Crippen molar-refractivity contribution in [1.82, 2.24) is 9.21 Å². The van der Waals surface area contributed by atoms with Crippen LogP contribution in [-0.4, -0.2) is 83.1 Å².